The third-order valence-corrected chi connectivity index (χ3v) is 7.55. The van der Waals surface area contributed by atoms with Gasteiger partial charge in [0.15, 0.2) is 0 Å². The summed E-state index contributed by atoms with van der Waals surface area (Å²) in [5.41, 5.74) is 5.00. The fourth-order valence-electron chi connectivity index (χ4n) is 6.67. The summed E-state index contributed by atoms with van der Waals surface area (Å²) in [4.78, 5) is 5.21. The van der Waals surface area contributed by atoms with Gasteiger partial charge in [0.25, 0.3) is 0 Å². The second-order valence-corrected chi connectivity index (χ2v) is 9.06. The third kappa shape index (κ3) is 2.14. The van der Waals surface area contributed by atoms with Crippen LogP contribution in [0, 0.1) is 23.7 Å². The minimum Gasteiger partial charge on any atom is -0.331 e. The van der Waals surface area contributed by atoms with Crippen molar-refractivity contribution in [2.45, 2.75) is 38.0 Å². The van der Waals surface area contributed by atoms with Crippen molar-refractivity contribution in [3.63, 3.8) is 0 Å². The summed E-state index contributed by atoms with van der Waals surface area (Å²) in [6.07, 6.45) is 7.33. The van der Waals surface area contributed by atoms with Crippen LogP contribution in [0.25, 0.3) is 22.2 Å². The number of nitrogens with zero attached hydrogens (tertiary/aromatic N) is 2. The zero-order valence-electron chi connectivity index (χ0n) is 15.4. The molecule has 1 heterocycles. The average molecular weight is 342 g/mol. The fraction of sp³-hybridized carbons (Fsp3) is 0.458. The van der Waals surface area contributed by atoms with Crippen molar-refractivity contribution in [3.05, 3.63) is 54.4 Å². The summed E-state index contributed by atoms with van der Waals surface area (Å²) in [5, 5.41) is 0. The zero-order chi connectivity index (χ0) is 17.3. The molecule has 7 rings (SSSR count). The maximum absolute atomic E-state index is 5.21. The predicted molar refractivity (Wildman–Crippen MR) is 106 cm³/mol. The Kier molecular flexibility index (Phi) is 3.15. The van der Waals surface area contributed by atoms with Crippen LogP contribution in [0.1, 0.15) is 43.8 Å². The average Bonchev–Trinajstić information content (AvgIpc) is 2.98. The predicted octanol–water partition coefficient (Wildman–Crippen LogP) is 5.78. The molecule has 0 amide bonds. The van der Waals surface area contributed by atoms with Gasteiger partial charge in [-0.05, 0) is 79.0 Å². The van der Waals surface area contributed by atoms with Crippen molar-refractivity contribution in [3.8, 4) is 11.1 Å². The Morgan fingerprint density at radius 1 is 0.808 bits per heavy atom. The van der Waals surface area contributed by atoms with Crippen LogP contribution in [0.2, 0.25) is 0 Å². The Hall–Kier alpha value is -2.09. The molecule has 132 valence electrons. The lowest BCUT2D eigenvalue weighted by molar-refractivity contribution is -0.00633. The largest absolute Gasteiger partial charge is 0.331 e. The van der Waals surface area contributed by atoms with E-state index >= 15 is 0 Å². The molecule has 4 bridgehead atoms. The van der Waals surface area contributed by atoms with Crippen LogP contribution in [0.3, 0.4) is 0 Å². The molecule has 26 heavy (non-hydrogen) atoms. The van der Waals surface area contributed by atoms with Crippen molar-refractivity contribution in [1.82, 2.24) is 9.55 Å². The molecule has 1 aromatic heterocycles. The molecular weight excluding hydrogens is 316 g/mol. The van der Waals surface area contributed by atoms with E-state index in [2.05, 4.69) is 60.1 Å². The van der Waals surface area contributed by atoms with E-state index in [-0.39, 0.29) is 0 Å². The van der Waals surface area contributed by atoms with Crippen LogP contribution < -0.4 is 0 Å². The minimum absolute atomic E-state index is 0.695. The molecule has 2 aromatic carbocycles. The third-order valence-electron chi connectivity index (χ3n) is 7.55. The Bertz CT molecular complexity index is 941. The second-order valence-electron chi connectivity index (χ2n) is 9.06. The molecule has 4 fully saturated rings. The van der Waals surface area contributed by atoms with E-state index in [0.29, 0.717) is 5.92 Å². The Balaban J connectivity index is 1.43. The highest BCUT2D eigenvalue weighted by Crippen LogP contribution is 2.59. The Labute approximate surface area is 155 Å². The van der Waals surface area contributed by atoms with Gasteiger partial charge in [0.05, 0.1) is 11.0 Å². The highest BCUT2D eigenvalue weighted by Gasteiger charge is 2.49. The van der Waals surface area contributed by atoms with E-state index in [0.717, 1.165) is 29.2 Å². The SMILES string of the molecule is Cn1c(C2C3CC4CC(C3)CC2C4)nc2cc(-c3ccccc3)ccc21. The van der Waals surface area contributed by atoms with Crippen LogP contribution in [-0.4, -0.2) is 9.55 Å². The molecule has 0 atom stereocenters. The number of hydrogen-bond donors (Lipinski definition) is 0. The molecular formula is C24H26N2. The molecule has 2 heteroatoms. The van der Waals surface area contributed by atoms with Gasteiger partial charge >= 0.3 is 0 Å². The molecule has 2 nitrogen and oxygen atoms in total. The number of rotatable bonds is 2. The van der Waals surface area contributed by atoms with E-state index < -0.39 is 0 Å². The van der Waals surface area contributed by atoms with E-state index in [9.17, 15) is 0 Å². The first-order valence-corrected chi connectivity index (χ1v) is 10.3. The van der Waals surface area contributed by atoms with E-state index in [1.807, 2.05) is 0 Å². The second kappa shape index (κ2) is 5.45. The normalized spacial score (nSPS) is 32.4. The van der Waals surface area contributed by atoms with Gasteiger partial charge < -0.3 is 4.57 Å². The summed E-state index contributed by atoms with van der Waals surface area (Å²) >= 11 is 0. The Morgan fingerprint density at radius 3 is 2.19 bits per heavy atom. The van der Waals surface area contributed by atoms with Gasteiger partial charge in [0, 0.05) is 13.0 Å². The molecule has 4 saturated carbocycles. The van der Waals surface area contributed by atoms with Crippen LogP contribution in [0.15, 0.2) is 48.5 Å². The number of hydrogen-bond acceptors (Lipinski definition) is 1. The molecule has 0 aliphatic heterocycles. The quantitative estimate of drug-likeness (QED) is 0.577. The standard InChI is InChI=1S/C24H26N2/c1-26-22-8-7-18(17-5-3-2-4-6-17)14-21(22)25-24(26)23-19-10-15-9-16(12-19)13-20(23)11-15/h2-8,14-16,19-20,23H,9-13H2,1H3. The van der Waals surface area contributed by atoms with Gasteiger partial charge in [-0.3, -0.25) is 0 Å². The summed E-state index contributed by atoms with van der Waals surface area (Å²) in [6, 6.07) is 17.5. The van der Waals surface area contributed by atoms with Gasteiger partial charge in [-0.25, -0.2) is 4.98 Å². The number of imidazole rings is 1. The first kappa shape index (κ1) is 15.0. The summed E-state index contributed by atoms with van der Waals surface area (Å²) < 4.78 is 2.40. The zero-order valence-corrected chi connectivity index (χ0v) is 15.4. The summed E-state index contributed by atoms with van der Waals surface area (Å²) in [5.74, 6) is 5.87. The van der Waals surface area contributed by atoms with Crippen LogP contribution in [0.5, 0.6) is 0 Å². The van der Waals surface area contributed by atoms with Gasteiger partial charge in [-0.15, -0.1) is 0 Å². The lowest BCUT2D eigenvalue weighted by Crippen LogP contribution is -2.44. The monoisotopic (exact) mass is 342 g/mol. The minimum atomic E-state index is 0.695. The Morgan fingerprint density at radius 2 is 1.50 bits per heavy atom. The van der Waals surface area contributed by atoms with Gasteiger partial charge in [-0.1, -0.05) is 36.4 Å². The van der Waals surface area contributed by atoms with Crippen molar-refractivity contribution < 1.29 is 0 Å². The number of aromatic nitrogens is 2. The van der Waals surface area contributed by atoms with Crippen LogP contribution in [-0.2, 0) is 7.05 Å². The molecule has 4 aliphatic carbocycles. The van der Waals surface area contributed by atoms with Crippen molar-refractivity contribution in [2.75, 3.05) is 0 Å². The number of aryl methyl sites for hydroxylation is 1. The van der Waals surface area contributed by atoms with E-state index in [4.69, 9.17) is 4.98 Å². The molecule has 4 aliphatic rings. The molecule has 0 spiro atoms. The fourth-order valence-corrected chi connectivity index (χ4v) is 6.67. The van der Waals surface area contributed by atoms with Crippen molar-refractivity contribution in [2.24, 2.45) is 30.7 Å². The molecule has 3 aromatic rings. The maximum atomic E-state index is 5.21. The summed E-state index contributed by atoms with van der Waals surface area (Å²) in [6.45, 7) is 0. The highest BCUT2D eigenvalue weighted by atomic mass is 15.1. The lowest BCUT2D eigenvalue weighted by Gasteiger charge is -2.54. The topological polar surface area (TPSA) is 17.8 Å². The summed E-state index contributed by atoms with van der Waals surface area (Å²) in [7, 11) is 2.23. The molecule has 0 saturated heterocycles. The first-order chi connectivity index (χ1) is 12.8. The van der Waals surface area contributed by atoms with Crippen molar-refractivity contribution >= 4 is 11.0 Å². The molecule has 0 N–H and O–H groups in total. The number of fused-ring (bicyclic) bond motifs is 1. The first-order valence-electron chi connectivity index (χ1n) is 10.3. The van der Waals surface area contributed by atoms with E-state index in [1.165, 1.54) is 54.6 Å². The van der Waals surface area contributed by atoms with Crippen LogP contribution >= 0.6 is 0 Å². The lowest BCUT2D eigenvalue weighted by atomic mass is 9.51. The van der Waals surface area contributed by atoms with Gasteiger partial charge in [0.2, 0.25) is 0 Å². The smallest absolute Gasteiger partial charge is 0.113 e. The maximum Gasteiger partial charge on any atom is 0.113 e. The van der Waals surface area contributed by atoms with E-state index in [1.54, 1.807) is 0 Å². The van der Waals surface area contributed by atoms with Gasteiger partial charge in [-0.2, -0.15) is 0 Å². The highest BCUT2D eigenvalue weighted by molar-refractivity contribution is 5.82. The molecule has 0 radical (unpaired) electrons. The molecule has 0 unspecified atom stereocenters. The van der Waals surface area contributed by atoms with Crippen molar-refractivity contribution in [1.29, 1.82) is 0 Å². The van der Waals surface area contributed by atoms with Crippen LogP contribution in [0.4, 0.5) is 0 Å². The number of benzene rings is 2. The van der Waals surface area contributed by atoms with Gasteiger partial charge in [0.1, 0.15) is 5.82 Å².